The van der Waals surface area contributed by atoms with Gasteiger partial charge in [0, 0.05) is 43.2 Å². The van der Waals surface area contributed by atoms with E-state index in [2.05, 4.69) is 29.4 Å². The molecule has 2 aromatic rings. The van der Waals surface area contributed by atoms with Crippen molar-refractivity contribution in [2.45, 2.75) is 5.75 Å². The molecule has 1 fully saturated rings. The van der Waals surface area contributed by atoms with Gasteiger partial charge < -0.3 is 14.5 Å². The number of carbonyl (C=O) groups is 1. The second-order valence-electron chi connectivity index (χ2n) is 6.11. The van der Waals surface area contributed by atoms with Crippen LogP contribution in [0.1, 0.15) is 15.9 Å². The molecule has 0 aliphatic carbocycles. The van der Waals surface area contributed by atoms with E-state index in [1.54, 1.807) is 18.9 Å². The monoisotopic (exact) mass is 356 g/mol. The Hall–Kier alpha value is -2.14. The summed E-state index contributed by atoms with van der Waals surface area (Å²) >= 11 is 1.77. The lowest BCUT2D eigenvalue weighted by Crippen LogP contribution is -2.48. The van der Waals surface area contributed by atoms with Crippen LogP contribution in [0.2, 0.25) is 0 Å². The highest BCUT2D eigenvalue weighted by molar-refractivity contribution is 7.97. The lowest BCUT2D eigenvalue weighted by Gasteiger charge is -2.36. The number of anilines is 1. The first-order valence-corrected chi connectivity index (χ1v) is 9.87. The third-order valence-electron chi connectivity index (χ3n) is 4.49. The molecule has 132 valence electrons. The van der Waals surface area contributed by atoms with E-state index in [0.717, 1.165) is 43.2 Å². The molecule has 0 aromatic heterocycles. The number of benzene rings is 2. The van der Waals surface area contributed by atoms with E-state index in [0.29, 0.717) is 0 Å². The number of hydrogen-bond donors (Lipinski definition) is 0. The number of nitrogens with zero attached hydrogens (tertiary/aromatic N) is 2. The summed E-state index contributed by atoms with van der Waals surface area (Å²) in [4.78, 5) is 17.0. The number of rotatable bonds is 5. The molecule has 5 heteroatoms. The molecule has 1 aliphatic heterocycles. The Bertz CT molecular complexity index is 710. The molecule has 1 saturated heterocycles. The number of piperazine rings is 1. The Morgan fingerprint density at radius 2 is 1.80 bits per heavy atom. The van der Waals surface area contributed by atoms with Crippen molar-refractivity contribution in [2.24, 2.45) is 0 Å². The van der Waals surface area contributed by atoms with Gasteiger partial charge in [0.2, 0.25) is 0 Å². The van der Waals surface area contributed by atoms with E-state index in [-0.39, 0.29) is 5.91 Å². The number of amides is 1. The van der Waals surface area contributed by atoms with E-state index < -0.39 is 0 Å². The average molecular weight is 356 g/mol. The van der Waals surface area contributed by atoms with Crippen molar-refractivity contribution in [1.29, 1.82) is 0 Å². The molecule has 4 nitrogen and oxygen atoms in total. The molecule has 0 unspecified atom stereocenters. The van der Waals surface area contributed by atoms with Gasteiger partial charge in [0.1, 0.15) is 5.75 Å². The molecule has 1 heterocycles. The summed E-state index contributed by atoms with van der Waals surface area (Å²) in [5.41, 5.74) is 3.18. The van der Waals surface area contributed by atoms with Gasteiger partial charge in [-0.25, -0.2) is 0 Å². The molecule has 0 N–H and O–H groups in total. The molecular weight excluding hydrogens is 332 g/mol. The molecule has 1 aliphatic rings. The van der Waals surface area contributed by atoms with Crippen LogP contribution in [0.15, 0.2) is 48.5 Å². The minimum atomic E-state index is 0.136. The van der Waals surface area contributed by atoms with E-state index in [4.69, 9.17) is 4.74 Å². The highest BCUT2D eigenvalue weighted by Crippen LogP contribution is 2.21. The third kappa shape index (κ3) is 4.28. The fourth-order valence-electron chi connectivity index (χ4n) is 3.10. The Labute approximate surface area is 153 Å². The van der Waals surface area contributed by atoms with E-state index >= 15 is 0 Å². The van der Waals surface area contributed by atoms with Crippen LogP contribution >= 0.6 is 11.8 Å². The fraction of sp³-hybridized carbons (Fsp3) is 0.350. The summed E-state index contributed by atoms with van der Waals surface area (Å²) in [5.74, 6) is 1.94. The Kier molecular flexibility index (Phi) is 5.87. The summed E-state index contributed by atoms with van der Waals surface area (Å²) in [6.07, 6.45) is 2.08. The molecule has 2 aromatic carbocycles. The second-order valence-corrected chi connectivity index (χ2v) is 6.98. The van der Waals surface area contributed by atoms with Crippen LogP contribution in [0, 0.1) is 0 Å². The van der Waals surface area contributed by atoms with Gasteiger partial charge in [-0.15, -0.1) is 0 Å². The highest BCUT2D eigenvalue weighted by Gasteiger charge is 2.22. The van der Waals surface area contributed by atoms with Gasteiger partial charge in [0.05, 0.1) is 7.11 Å². The van der Waals surface area contributed by atoms with Crippen LogP contribution in [0.25, 0.3) is 0 Å². The largest absolute Gasteiger partial charge is 0.497 e. The van der Waals surface area contributed by atoms with Gasteiger partial charge in [0.25, 0.3) is 5.91 Å². The quantitative estimate of drug-likeness (QED) is 0.821. The molecule has 0 spiro atoms. The zero-order valence-electron chi connectivity index (χ0n) is 14.8. The summed E-state index contributed by atoms with van der Waals surface area (Å²) < 4.78 is 5.21. The maximum Gasteiger partial charge on any atom is 0.253 e. The maximum atomic E-state index is 12.8. The Morgan fingerprint density at radius 3 is 2.44 bits per heavy atom. The zero-order chi connectivity index (χ0) is 17.6. The topological polar surface area (TPSA) is 32.8 Å². The Morgan fingerprint density at radius 1 is 1.08 bits per heavy atom. The van der Waals surface area contributed by atoms with Gasteiger partial charge in [-0.05, 0) is 48.2 Å². The van der Waals surface area contributed by atoms with Crippen LogP contribution in [-0.2, 0) is 5.75 Å². The van der Waals surface area contributed by atoms with Crippen LogP contribution < -0.4 is 9.64 Å². The molecule has 0 saturated carbocycles. The number of ether oxygens (including phenoxy) is 1. The molecule has 0 radical (unpaired) electrons. The maximum absolute atomic E-state index is 12.8. The first-order chi connectivity index (χ1) is 12.2. The summed E-state index contributed by atoms with van der Waals surface area (Å²) in [6, 6.07) is 16.1. The van der Waals surface area contributed by atoms with Crippen LogP contribution in [-0.4, -0.2) is 50.4 Å². The van der Waals surface area contributed by atoms with Crippen molar-refractivity contribution in [3.05, 3.63) is 59.7 Å². The van der Waals surface area contributed by atoms with E-state index in [9.17, 15) is 4.79 Å². The second kappa shape index (κ2) is 8.30. The zero-order valence-corrected chi connectivity index (χ0v) is 15.6. The highest BCUT2D eigenvalue weighted by atomic mass is 32.2. The predicted molar refractivity (Wildman–Crippen MR) is 105 cm³/mol. The van der Waals surface area contributed by atoms with Crippen molar-refractivity contribution in [1.82, 2.24) is 4.90 Å². The van der Waals surface area contributed by atoms with Gasteiger partial charge >= 0.3 is 0 Å². The van der Waals surface area contributed by atoms with E-state index in [1.165, 1.54) is 11.3 Å². The molecule has 0 atom stereocenters. The normalized spacial score (nSPS) is 14.5. The van der Waals surface area contributed by atoms with Crippen molar-refractivity contribution >= 4 is 23.4 Å². The predicted octanol–water partition coefficient (Wildman–Crippen LogP) is 3.52. The van der Waals surface area contributed by atoms with Crippen LogP contribution in [0.4, 0.5) is 5.69 Å². The standard InChI is InChI=1S/C20H24N2O2S/c1-24-19-8-6-18(7-9-19)21-10-12-22(13-11-21)20(23)17-5-3-4-16(14-17)15-25-2/h3-9,14H,10-13,15H2,1-2H3. The number of thioether (sulfide) groups is 1. The molecular formula is C20H24N2O2S. The minimum absolute atomic E-state index is 0.136. The average Bonchev–Trinajstić information content (AvgIpc) is 2.68. The molecule has 25 heavy (non-hydrogen) atoms. The van der Waals surface area contributed by atoms with Crippen molar-refractivity contribution in [3.63, 3.8) is 0 Å². The van der Waals surface area contributed by atoms with Crippen molar-refractivity contribution in [3.8, 4) is 5.75 Å². The summed E-state index contributed by atoms with van der Waals surface area (Å²) in [6.45, 7) is 3.19. The molecule has 0 bridgehead atoms. The smallest absolute Gasteiger partial charge is 0.253 e. The lowest BCUT2D eigenvalue weighted by molar-refractivity contribution is 0.0746. The molecule has 3 rings (SSSR count). The lowest BCUT2D eigenvalue weighted by atomic mass is 10.1. The Balaban J connectivity index is 1.61. The van der Waals surface area contributed by atoms with Crippen LogP contribution in [0.5, 0.6) is 5.75 Å². The number of hydrogen-bond acceptors (Lipinski definition) is 4. The number of methoxy groups -OCH3 is 1. The van der Waals surface area contributed by atoms with Crippen molar-refractivity contribution < 1.29 is 9.53 Å². The third-order valence-corrected chi connectivity index (χ3v) is 5.11. The van der Waals surface area contributed by atoms with Crippen LogP contribution in [0.3, 0.4) is 0 Å². The van der Waals surface area contributed by atoms with Gasteiger partial charge in [-0.1, -0.05) is 12.1 Å². The summed E-state index contributed by atoms with van der Waals surface area (Å²) in [5, 5.41) is 0. The SMILES string of the molecule is COc1ccc(N2CCN(C(=O)c3cccc(CSC)c3)CC2)cc1. The van der Waals surface area contributed by atoms with Gasteiger partial charge in [-0.3, -0.25) is 4.79 Å². The number of carbonyl (C=O) groups excluding carboxylic acids is 1. The first-order valence-electron chi connectivity index (χ1n) is 8.47. The minimum Gasteiger partial charge on any atom is -0.497 e. The fourth-order valence-corrected chi connectivity index (χ4v) is 3.62. The van der Waals surface area contributed by atoms with Crippen molar-refractivity contribution in [2.75, 3.05) is 44.4 Å². The van der Waals surface area contributed by atoms with Gasteiger partial charge in [0.15, 0.2) is 0 Å². The molecule has 1 amide bonds. The first kappa shape index (κ1) is 17.7. The van der Waals surface area contributed by atoms with Gasteiger partial charge in [-0.2, -0.15) is 11.8 Å². The summed E-state index contributed by atoms with van der Waals surface area (Å²) in [7, 11) is 1.67. The van der Waals surface area contributed by atoms with E-state index in [1.807, 2.05) is 35.2 Å².